The summed E-state index contributed by atoms with van der Waals surface area (Å²) >= 11 is 5.11. The van der Waals surface area contributed by atoms with Gasteiger partial charge in [-0.05, 0) is 13.0 Å². The highest BCUT2D eigenvalue weighted by atomic mass is 35.5. The fourth-order valence-electron chi connectivity index (χ4n) is 1.75. The van der Waals surface area contributed by atoms with Crippen LogP contribution in [0, 0.1) is 0 Å². The van der Waals surface area contributed by atoms with Crippen molar-refractivity contribution in [3.8, 4) is 0 Å². The molecule has 0 aromatic carbocycles. The van der Waals surface area contributed by atoms with Crippen LogP contribution in [0.4, 0.5) is 8.78 Å². The molecule has 0 aromatic rings. The average molecular weight is 474 g/mol. The van der Waals surface area contributed by atoms with Crippen molar-refractivity contribution in [1.29, 1.82) is 0 Å². The van der Waals surface area contributed by atoms with Crippen LogP contribution in [0.15, 0.2) is 86.5 Å². The molecule has 0 heterocycles. The van der Waals surface area contributed by atoms with Gasteiger partial charge < -0.3 is 20.7 Å². The number of hydrogen-bond acceptors (Lipinski definition) is 4. The molecule has 0 aliphatic carbocycles. The van der Waals surface area contributed by atoms with Crippen molar-refractivity contribution in [3.63, 3.8) is 0 Å². The van der Waals surface area contributed by atoms with Gasteiger partial charge in [0.1, 0.15) is 5.83 Å². The first kappa shape index (κ1) is 33.2. The van der Waals surface area contributed by atoms with Crippen molar-refractivity contribution < 1.29 is 27.9 Å². The zero-order chi connectivity index (χ0) is 25.5. The van der Waals surface area contributed by atoms with Crippen LogP contribution in [0.1, 0.15) is 20.3 Å². The molecule has 3 amide bonds. The lowest BCUT2D eigenvalue weighted by Gasteiger charge is -2.15. The summed E-state index contributed by atoms with van der Waals surface area (Å²) in [6.07, 6.45) is 5.01. The molecular weight excluding hydrogens is 444 g/mol. The van der Waals surface area contributed by atoms with E-state index in [-0.39, 0.29) is 37.0 Å². The van der Waals surface area contributed by atoms with Gasteiger partial charge in [-0.1, -0.05) is 31.3 Å². The van der Waals surface area contributed by atoms with Crippen molar-refractivity contribution in [2.45, 2.75) is 26.3 Å². The molecule has 0 bridgehead atoms. The Morgan fingerprint density at radius 3 is 2.22 bits per heavy atom. The Labute approximate surface area is 192 Å². The first-order valence-corrected chi connectivity index (χ1v) is 9.38. The van der Waals surface area contributed by atoms with E-state index in [4.69, 9.17) is 16.3 Å². The van der Waals surface area contributed by atoms with Crippen molar-refractivity contribution in [2.24, 2.45) is 0 Å². The summed E-state index contributed by atoms with van der Waals surface area (Å²) in [6.45, 7) is 18.6. The number of halogens is 3. The largest absolute Gasteiger partial charge is 0.491 e. The number of nitrogens with one attached hydrogen (secondary N) is 3. The lowest BCUT2D eigenvalue weighted by Crippen LogP contribution is -2.35. The normalized spacial score (nSPS) is 11.4. The predicted molar refractivity (Wildman–Crippen MR) is 124 cm³/mol. The fraction of sp³-hybridized carbons (Fsp3) is 0.227. The second-order valence-corrected chi connectivity index (χ2v) is 5.73. The van der Waals surface area contributed by atoms with Crippen molar-refractivity contribution in [1.82, 2.24) is 16.0 Å². The van der Waals surface area contributed by atoms with Crippen LogP contribution in [0.25, 0.3) is 0 Å². The van der Waals surface area contributed by atoms with Gasteiger partial charge in [0.15, 0.2) is 6.61 Å². The van der Waals surface area contributed by atoms with Crippen LogP contribution in [0.3, 0.4) is 0 Å². The number of allylic oxidation sites excluding steroid dienone is 3. The molecule has 0 aromatic heterocycles. The van der Waals surface area contributed by atoms with Crippen LogP contribution in [-0.2, 0) is 19.1 Å². The fourth-order valence-corrected chi connectivity index (χ4v) is 1.83. The van der Waals surface area contributed by atoms with Gasteiger partial charge in [-0.15, -0.1) is 13.2 Å². The molecule has 7 nitrogen and oxygen atoms in total. The van der Waals surface area contributed by atoms with Crippen LogP contribution >= 0.6 is 11.6 Å². The minimum Gasteiger partial charge on any atom is -0.491 e. The molecule has 0 spiro atoms. The molecule has 178 valence electrons. The molecule has 0 saturated heterocycles. The SMILES string of the molecule is C=C.C=C/C(=C/C(=O)NC(C)CC(=C)NC(=O)CO/C=C/C(F)=C/Cl)NC(C)=O.C=CF. The lowest BCUT2D eigenvalue weighted by molar-refractivity contribution is -0.123. The highest BCUT2D eigenvalue weighted by molar-refractivity contribution is 6.25. The standard InChI is InChI=1S/C18H23ClFN3O4.C2H3F.C2H4/c1-5-16(23-14(4)24)9-17(25)21-12(2)8-13(3)22-18(26)11-27-7-6-15(20)10-19;1-2-3;1-2/h5-7,9-10,12H,1,3,8,11H2,2,4H3,(H,21,25)(H,22,26)(H,23,24);2H,1H2;1-2H2/b7-6+,15-10-,16-9-;;. The summed E-state index contributed by atoms with van der Waals surface area (Å²) in [6, 6.07) is -0.339. The third-order valence-electron chi connectivity index (χ3n) is 2.73. The number of carbonyl (C=O) groups excluding carboxylic acids is 3. The van der Waals surface area contributed by atoms with Crippen LogP contribution < -0.4 is 16.0 Å². The highest BCUT2D eigenvalue weighted by Crippen LogP contribution is 2.02. The Hall–Kier alpha value is -3.46. The van der Waals surface area contributed by atoms with Gasteiger partial charge in [0, 0.05) is 48.5 Å². The Bertz CT molecular complexity index is 735. The Morgan fingerprint density at radius 1 is 1.19 bits per heavy atom. The molecule has 1 unspecified atom stereocenters. The molecule has 1 atom stereocenters. The van der Waals surface area contributed by atoms with Crippen LogP contribution in [-0.4, -0.2) is 30.4 Å². The molecule has 10 heteroatoms. The second-order valence-electron chi connectivity index (χ2n) is 5.51. The average Bonchev–Trinajstić information content (AvgIpc) is 2.71. The van der Waals surface area contributed by atoms with Gasteiger partial charge >= 0.3 is 0 Å². The van der Waals surface area contributed by atoms with E-state index >= 15 is 0 Å². The minimum absolute atomic E-state index is 0.250. The number of ether oxygens (including phenoxy) is 1. The van der Waals surface area contributed by atoms with Gasteiger partial charge in [-0.3, -0.25) is 14.4 Å². The molecular formula is C22H30ClF2N3O4. The molecule has 0 aliphatic heterocycles. The smallest absolute Gasteiger partial charge is 0.261 e. The van der Waals surface area contributed by atoms with E-state index < -0.39 is 17.6 Å². The molecule has 0 saturated carbocycles. The van der Waals surface area contributed by atoms with Gasteiger partial charge in [-0.2, -0.15) is 0 Å². The van der Waals surface area contributed by atoms with Crippen LogP contribution in [0.5, 0.6) is 0 Å². The topological polar surface area (TPSA) is 96.5 Å². The zero-order valence-electron chi connectivity index (χ0n) is 18.3. The molecule has 3 N–H and O–H groups in total. The first-order valence-electron chi connectivity index (χ1n) is 8.94. The monoisotopic (exact) mass is 473 g/mol. The highest BCUT2D eigenvalue weighted by Gasteiger charge is 2.10. The van der Waals surface area contributed by atoms with Crippen molar-refractivity contribution in [3.05, 3.63) is 86.5 Å². The second kappa shape index (κ2) is 22.2. The maximum absolute atomic E-state index is 12.7. The molecule has 0 fully saturated rings. The maximum Gasteiger partial charge on any atom is 0.261 e. The van der Waals surface area contributed by atoms with Gasteiger partial charge in [0.25, 0.3) is 5.91 Å². The number of rotatable bonds is 11. The Kier molecular flexibility index (Phi) is 23.1. The van der Waals surface area contributed by atoms with Crippen molar-refractivity contribution in [2.75, 3.05) is 6.61 Å². The van der Waals surface area contributed by atoms with E-state index in [2.05, 4.69) is 48.8 Å². The third-order valence-corrected chi connectivity index (χ3v) is 2.93. The van der Waals surface area contributed by atoms with E-state index in [1.165, 1.54) is 19.1 Å². The zero-order valence-corrected chi connectivity index (χ0v) is 19.0. The predicted octanol–water partition coefficient (Wildman–Crippen LogP) is 4.20. The quantitative estimate of drug-likeness (QED) is 0.181. The Balaban J connectivity index is -0.00000154. The molecule has 32 heavy (non-hydrogen) atoms. The number of hydrogen-bond donors (Lipinski definition) is 3. The third kappa shape index (κ3) is 22.8. The maximum atomic E-state index is 12.7. The van der Waals surface area contributed by atoms with E-state index in [9.17, 15) is 23.2 Å². The number of amides is 3. The summed E-state index contributed by atoms with van der Waals surface area (Å²) in [5, 5.41) is 7.61. The summed E-state index contributed by atoms with van der Waals surface area (Å²) < 4.78 is 27.5. The summed E-state index contributed by atoms with van der Waals surface area (Å²) in [7, 11) is 0. The van der Waals surface area contributed by atoms with Gasteiger partial charge in [0.2, 0.25) is 11.8 Å². The molecule has 0 aliphatic rings. The summed E-state index contributed by atoms with van der Waals surface area (Å²) in [4.78, 5) is 34.5. The van der Waals surface area contributed by atoms with E-state index in [1.54, 1.807) is 6.92 Å². The van der Waals surface area contributed by atoms with Gasteiger partial charge in [-0.25, -0.2) is 8.78 Å². The Morgan fingerprint density at radius 2 is 1.75 bits per heavy atom. The van der Waals surface area contributed by atoms with E-state index in [1.807, 2.05) is 0 Å². The minimum atomic E-state index is -0.710. The van der Waals surface area contributed by atoms with Gasteiger partial charge in [0.05, 0.1) is 12.6 Å². The first-order chi connectivity index (χ1) is 15.1. The lowest BCUT2D eigenvalue weighted by atomic mass is 10.2. The summed E-state index contributed by atoms with van der Waals surface area (Å²) in [5.41, 5.74) is 1.35. The van der Waals surface area contributed by atoms with Crippen LogP contribution in [0.2, 0.25) is 0 Å². The molecule has 0 rings (SSSR count). The van der Waals surface area contributed by atoms with Crippen molar-refractivity contribution >= 4 is 29.3 Å². The summed E-state index contributed by atoms with van der Waals surface area (Å²) in [5.74, 6) is -1.96. The van der Waals surface area contributed by atoms with E-state index in [0.29, 0.717) is 5.70 Å². The number of carbonyl (C=O) groups is 3. The molecule has 0 radical (unpaired) electrons. The van der Waals surface area contributed by atoms with E-state index in [0.717, 1.165) is 17.9 Å².